The van der Waals surface area contributed by atoms with Gasteiger partial charge in [0.25, 0.3) is 0 Å². The van der Waals surface area contributed by atoms with Crippen molar-refractivity contribution in [1.29, 1.82) is 0 Å². The number of hydrogen-bond donors (Lipinski definition) is 0. The highest BCUT2D eigenvalue weighted by atomic mass is 16.2. The zero-order chi connectivity index (χ0) is 16.8. The van der Waals surface area contributed by atoms with Crippen molar-refractivity contribution < 1.29 is 4.79 Å². The van der Waals surface area contributed by atoms with E-state index < -0.39 is 0 Å². The molecule has 2 aromatic rings. The maximum Gasteiger partial charge on any atom is 0.222 e. The molecule has 1 saturated heterocycles. The Morgan fingerprint density at radius 3 is 2.92 bits per heavy atom. The minimum Gasteiger partial charge on any atom is -0.342 e. The van der Waals surface area contributed by atoms with E-state index in [1.165, 1.54) is 5.56 Å². The summed E-state index contributed by atoms with van der Waals surface area (Å²) in [7, 11) is 0. The molecule has 1 aromatic carbocycles. The molecule has 1 aliphatic heterocycles. The summed E-state index contributed by atoms with van der Waals surface area (Å²) >= 11 is 0. The monoisotopic (exact) mass is 325 g/mol. The Bertz CT molecular complexity index is 650. The highest BCUT2D eigenvalue weighted by Gasteiger charge is 2.26. The molecule has 3 rings (SSSR count). The molecular formula is C20H27N3O. The average molecular weight is 325 g/mol. The Labute approximate surface area is 144 Å². The van der Waals surface area contributed by atoms with E-state index in [1.807, 2.05) is 23.4 Å². The van der Waals surface area contributed by atoms with Gasteiger partial charge in [0.15, 0.2) is 0 Å². The lowest BCUT2D eigenvalue weighted by molar-refractivity contribution is -0.132. The summed E-state index contributed by atoms with van der Waals surface area (Å²) in [6.45, 7) is 4.80. The summed E-state index contributed by atoms with van der Waals surface area (Å²) in [6, 6.07) is 10.4. The van der Waals surface area contributed by atoms with Crippen LogP contribution in [0.1, 0.15) is 49.9 Å². The number of hydrogen-bond acceptors (Lipinski definition) is 2. The molecule has 4 heteroatoms. The summed E-state index contributed by atoms with van der Waals surface area (Å²) < 4.78 is 2.20. The first-order valence-corrected chi connectivity index (χ1v) is 9.10. The number of likely N-dealkylation sites (tertiary alicyclic amines) is 1. The van der Waals surface area contributed by atoms with Gasteiger partial charge in [-0.1, -0.05) is 30.3 Å². The number of nitrogens with zero attached hydrogens (tertiary/aromatic N) is 3. The minimum atomic E-state index is 0.297. The summed E-state index contributed by atoms with van der Waals surface area (Å²) in [4.78, 5) is 19.1. The Balaban J connectivity index is 1.51. The first-order valence-electron chi connectivity index (χ1n) is 9.10. The molecule has 0 unspecified atom stereocenters. The quantitative estimate of drug-likeness (QED) is 0.813. The number of aryl methyl sites for hydroxylation is 2. The van der Waals surface area contributed by atoms with Gasteiger partial charge >= 0.3 is 0 Å². The fourth-order valence-electron chi connectivity index (χ4n) is 3.61. The van der Waals surface area contributed by atoms with E-state index in [4.69, 9.17) is 0 Å². The van der Waals surface area contributed by atoms with Crippen LogP contribution in [0.15, 0.2) is 42.7 Å². The molecule has 1 atom stereocenters. The molecule has 0 radical (unpaired) electrons. The van der Waals surface area contributed by atoms with Crippen LogP contribution in [-0.4, -0.2) is 33.4 Å². The molecule has 1 amide bonds. The van der Waals surface area contributed by atoms with Gasteiger partial charge in [0.2, 0.25) is 5.91 Å². The second-order valence-electron chi connectivity index (χ2n) is 6.59. The Morgan fingerprint density at radius 1 is 1.29 bits per heavy atom. The fourth-order valence-corrected chi connectivity index (χ4v) is 3.61. The molecule has 0 N–H and O–H groups in total. The van der Waals surface area contributed by atoms with Crippen molar-refractivity contribution in [2.24, 2.45) is 0 Å². The standard InChI is InChI=1S/C20H27N3O/c1-2-22-15-13-21-20(22)18-11-7-14-23(16-18)19(24)12-6-10-17-8-4-3-5-9-17/h3-5,8-9,13,15,18H,2,6-7,10-12,14,16H2,1H3/t18-/m1/s1. The molecule has 0 aliphatic carbocycles. The molecule has 128 valence electrons. The molecule has 0 bridgehead atoms. The normalized spacial score (nSPS) is 17.9. The molecule has 0 saturated carbocycles. The van der Waals surface area contributed by atoms with Crippen LogP contribution in [-0.2, 0) is 17.8 Å². The summed E-state index contributed by atoms with van der Waals surface area (Å²) in [5.41, 5.74) is 1.31. The molecule has 24 heavy (non-hydrogen) atoms. The topological polar surface area (TPSA) is 38.1 Å². The third kappa shape index (κ3) is 4.05. The summed E-state index contributed by atoms with van der Waals surface area (Å²) in [6.07, 6.45) is 8.66. The fraction of sp³-hybridized carbons (Fsp3) is 0.500. The molecule has 1 aliphatic rings. The number of aromatic nitrogens is 2. The zero-order valence-electron chi connectivity index (χ0n) is 14.5. The number of carbonyl (C=O) groups is 1. The first-order chi connectivity index (χ1) is 11.8. The Morgan fingerprint density at radius 2 is 2.12 bits per heavy atom. The molecule has 1 fully saturated rings. The van der Waals surface area contributed by atoms with Crippen LogP contribution < -0.4 is 0 Å². The lowest BCUT2D eigenvalue weighted by Crippen LogP contribution is -2.39. The Hall–Kier alpha value is -2.10. The highest BCUT2D eigenvalue weighted by molar-refractivity contribution is 5.76. The number of carbonyl (C=O) groups excluding carboxylic acids is 1. The number of amides is 1. The van der Waals surface area contributed by atoms with Gasteiger partial charge in [0.1, 0.15) is 5.82 Å². The summed E-state index contributed by atoms with van der Waals surface area (Å²) in [5.74, 6) is 1.82. The van der Waals surface area contributed by atoms with Gasteiger partial charge < -0.3 is 9.47 Å². The van der Waals surface area contributed by atoms with Crippen molar-refractivity contribution >= 4 is 5.91 Å². The Kier molecular flexibility index (Phi) is 5.68. The number of benzene rings is 1. The van der Waals surface area contributed by atoms with Gasteiger partial charge in [-0.05, 0) is 38.2 Å². The minimum absolute atomic E-state index is 0.297. The molecule has 2 heterocycles. The molecule has 4 nitrogen and oxygen atoms in total. The number of piperidine rings is 1. The van der Waals surface area contributed by atoms with E-state index in [1.54, 1.807) is 0 Å². The third-order valence-corrected chi connectivity index (χ3v) is 4.93. The van der Waals surface area contributed by atoms with E-state index in [2.05, 4.69) is 40.7 Å². The lowest BCUT2D eigenvalue weighted by Gasteiger charge is -2.32. The second kappa shape index (κ2) is 8.13. The van der Waals surface area contributed by atoms with Gasteiger partial charge in [0.05, 0.1) is 0 Å². The second-order valence-corrected chi connectivity index (χ2v) is 6.59. The van der Waals surface area contributed by atoms with Crippen LogP contribution in [0.3, 0.4) is 0 Å². The third-order valence-electron chi connectivity index (χ3n) is 4.93. The van der Waals surface area contributed by atoms with Crippen molar-refractivity contribution in [3.05, 3.63) is 54.1 Å². The van der Waals surface area contributed by atoms with Crippen molar-refractivity contribution in [3.8, 4) is 0 Å². The van der Waals surface area contributed by atoms with Crippen LogP contribution in [0.25, 0.3) is 0 Å². The van der Waals surface area contributed by atoms with Gasteiger partial charge in [-0.3, -0.25) is 4.79 Å². The van der Waals surface area contributed by atoms with Crippen LogP contribution >= 0.6 is 0 Å². The van der Waals surface area contributed by atoms with Gasteiger partial charge in [0, 0.05) is 44.4 Å². The maximum atomic E-state index is 12.6. The molecular weight excluding hydrogens is 298 g/mol. The van der Waals surface area contributed by atoms with Gasteiger partial charge in [-0.2, -0.15) is 0 Å². The van der Waals surface area contributed by atoms with Crippen molar-refractivity contribution in [2.75, 3.05) is 13.1 Å². The average Bonchev–Trinajstić information content (AvgIpc) is 3.11. The van der Waals surface area contributed by atoms with Gasteiger partial charge in [-0.15, -0.1) is 0 Å². The lowest BCUT2D eigenvalue weighted by atomic mass is 9.96. The maximum absolute atomic E-state index is 12.6. The highest BCUT2D eigenvalue weighted by Crippen LogP contribution is 2.26. The van der Waals surface area contributed by atoms with Crippen LogP contribution in [0.4, 0.5) is 0 Å². The van der Waals surface area contributed by atoms with Crippen molar-refractivity contribution in [1.82, 2.24) is 14.5 Å². The van der Waals surface area contributed by atoms with E-state index in [9.17, 15) is 4.79 Å². The van der Waals surface area contributed by atoms with Crippen molar-refractivity contribution in [2.45, 2.75) is 51.5 Å². The predicted octanol–water partition coefficient (Wildman–Crippen LogP) is 3.63. The first kappa shape index (κ1) is 16.7. The van der Waals surface area contributed by atoms with Gasteiger partial charge in [-0.25, -0.2) is 4.98 Å². The molecule has 0 spiro atoms. The van der Waals surface area contributed by atoms with E-state index in [-0.39, 0.29) is 0 Å². The predicted molar refractivity (Wildman–Crippen MR) is 95.8 cm³/mol. The zero-order valence-corrected chi connectivity index (χ0v) is 14.5. The summed E-state index contributed by atoms with van der Waals surface area (Å²) in [5, 5.41) is 0. The number of imidazole rings is 1. The van der Waals surface area contributed by atoms with Crippen LogP contribution in [0, 0.1) is 0 Å². The van der Waals surface area contributed by atoms with E-state index >= 15 is 0 Å². The smallest absolute Gasteiger partial charge is 0.222 e. The largest absolute Gasteiger partial charge is 0.342 e. The van der Waals surface area contributed by atoms with Crippen LogP contribution in [0.2, 0.25) is 0 Å². The van der Waals surface area contributed by atoms with Crippen molar-refractivity contribution in [3.63, 3.8) is 0 Å². The SMILES string of the molecule is CCn1ccnc1[C@@H]1CCCN(C(=O)CCCc2ccccc2)C1. The number of rotatable bonds is 6. The van der Waals surface area contributed by atoms with E-state index in [0.29, 0.717) is 18.2 Å². The van der Waals surface area contributed by atoms with Crippen LogP contribution in [0.5, 0.6) is 0 Å². The molecule has 1 aromatic heterocycles. The van der Waals surface area contributed by atoms with E-state index in [0.717, 1.165) is 51.1 Å².